The van der Waals surface area contributed by atoms with E-state index >= 15 is 0 Å². The zero-order valence-electron chi connectivity index (χ0n) is 9.80. The molecule has 0 bridgehead atoms. The van der Waals surface area contributed by atoms with Crippen LogP contribution in [0.5, 0.6) is 0 Å². The van der Waals surface area contributed by atoms with Crippen molar-refractivity contribution in [3.63, 3.8) is 0 Å². The Balaban J connectivity index is 2.36. The maximum absolute atomic E-state index is 13.5. The Hall–Kier alpha value is -2.05. The first-order chi connectivity index (χ1) is 9.56. The molecule has 20 heavy (non-hydrogen) atoms. The van der Waals surface area contributed by atoms with Crippen LogP contribution in [-0.2, 0) is 0 Å². The molecule has 0 saturated heterocycles. The predicted molar refractivity (Wildman–Crippen MR) is 74.8 cm³/mol. The Morgan fingerprint density at radius 3 is 2.75 bits per heavy atom. The number of rotatable bonds is 2. The van der Waals surface area contributed by atoms with Crippen molar-refractivity contribution in [1.29, 1.82) is 0 Å². The molecule has 100 valence electrons. The van der Waals surface area contributed by atoms with Gasteiger partial charge in [0.25, 0.3) is 0 Å². The third kappa shape index (κ3) is 2.13. The minimum Gasteiger partial charge on any atom is -0.478 e. The SMILES string of the molecule is O=C(O)c1cc(-c2cscn2)nc2cc(F)c(Cl)cc12. The molecular formula is C13H6ClFN2O2S. The van der Waals surface area contributed by atoms with Crippen molar-refractivity contribution in [3.8, 4) is 11.4 Å². The maximum Gasteiger partial charge on any atom is 0.336 e. The van der Waals surface area contributed by atoms with Crippen LogP contribution < -0.4 is 0 Å². The Morgan fingerprint density at radius 1 is 1.30 bits per heavy atom. The molecule has 4 nitrogen and oxygen atoms in total. The van der Waals surface area contributed by atoms with Crippen molar-refractivity contribution in [2.45, 2.75) is 0 Å². The highest BCUT2D eigenvalue weighted by molar-refractivity contribution is 7.07. The lowest BCUT2D eigenvalue weighted by Gasteiger charge is -2.06. The molecule has 3 aromatic rings. The number of thiazole rings is 1. The Kier molecular flexibility index (Phi) is 3.11. The summed E-state index contributed by atoms with van der Waals surface area (Å²) in [4.78, 5) is 19.7. The summed E-state index contributed by atoms with van der Waals surface area (Å²) in [5.74, 6) is -1.77. The summed E-state index contributed by atoms with van der Waals surface area (Å²) >= 11 is 7.06. The average molecular weight is 309 g/mol. The first-order valence-corrected chi connectivity index (χ1v) is 6.80. The standard InChI is InChI=1S/C13H6ClFN2O2S/c14-8-1-6-7(13(18)19)2-11(12-4-20-5-16-12)17-10(6)3-9(8)15/h1-5H,(H,18,19). The van der Waals surface area contributed by atoms with E-state index in [4.69, 9.17) is 11.6 Å². The second-order valence-electron chi connectivity index (χ2n) is 4.02. The number of halogens is 2. The quantitative estimate of drug-likeness (QED) is 0.781. The van der Waals surface area contributed by atoms with E-state index in [2.05, 4.69) is 9.97 Å². The van der Waals surface area contributed by atoms with Crippen LogP contribution >= 0.6 is 22.9 Å². The number of pyridine rings is 1. The molecule has 0 unspecified atom stereocenters. The fourth-order valence-electron chi connectivity index (χ4n) is 1.87. The molecule has 0 saturated carbocycles. The number of aromatic nitrogens is 2. The van der Waals surface area contributed by atoms with Gasteiger partial charge in [-0.1, -0.05) is 11.6 Å². The van der Waals surface area contributed by atoms with Crippen molar-refractivity contribution in [2.24, 2.45) is 0 Å². The number of nitrogens with zero attached hydrogens (tertiary/aromatic N) is 2. The van der Waals surface area contributed by atoms with E-state index in [9.17, 15) is 14.3 Å². The minimum absolute atomic E-state index is 0.0138. The predicted octanol–water partition coefficient (Wildman–Crippen LogP) is 3.85. The second-order valence-corrected chi connectivity index (χ2v) is 5.14. The number of hydrogen-bond acceptors (Lipinski definition) is 4. The van der Waals surface area contributed by atoms with Crippen molar-refractivity contribution in [2.75, 3.05) is 0 Å². The van der Waals surface area contributed by atoms with Gasteiger partial charge in [-0.25, -0.2) is 19.2 Å². The number of hydrogen-bond donors (Lipinski definition) is 1. The topological polar surface area (TPSA) is 63.1 Å². The van der Waals surface area contributed by atoms with E-state index in [-0.39, 0.29) is 16.1 Å². The van der Waals surface area contributed by atoms with Gasteiger partial charge in [-0.2, -0.15) is 0 Å². The lowest BCUT2D eigenvalue weighted by Crippen LogP contribution is -2.01. The van der Waals surface area contributed by atoms with E-state index < -0.39 is 11.8 Å². The van der Waals surface area contributed by atoms with E-state index in [1.807, 2.05) is 0 Å². The molecule has 0 fully saturated rings. The summed E-state index contributed by atoms with van der Waals surface area (Å²) < 4.78 is 13.5. The van der Waals surface area contributed by atoms with E-state index in [1.54, 1.807) is 10.9 Å². The smallest absolute Gasteiger partial charge is 0.336 e. The number of carboxylic acids is 1. The molecule has 2 aromatic heterocycles. The summed E-state index contributed by atoms with van der Waals surface area (Å²) in [7, 11) is 0. The van der Waals surface area contributed by atoms with Crippen LogP contribution in [0.2, 0.25) is 5.02 Å². The summed E-state index contributed by atoms with van der Waals surface area (Å²) in [5, 5.41) is 11.2. The van der Waals surface area contributed by atoms with Gasteiger partial charge in [0.05, 0.1) is 33.0 Å². The molecule has 1 N–H and O–H groups in total. The fourth-order valence-corrected chi connectivity index (χ4v) is 2.58. The van der Waals surface area contributed by atoms with Crippen LogP contribution in [0.3, 0.4) is 0 Å². The molecule has 7 heteroatoms. The van der Waals surface area contributed by atoms with Gasteiger partial charge in [-0.15, -0.1) is 11.3 Å². The van der Waals surface area contributed by atoms with Crippen LogP contribution in [0.4, 0.5) is 4.39 Å². The molecule has 2 heterocycles. The van der Waals surface area contributed by atoms with Crippen LogP contribution in [0.25, 0.3) is 22.3 Å². The zero-order chi connectivity index (χ0) is 14.3. The average Bonchev–Trinajstić information content (AvgIpc) is 2.92. The van der Waals surface area contributed by atoms with Crippen LogP contribution in [0, 0.1) is 5.82 Å². The van der Waals surface area contributed by atoms with Crippen molar-refractivity contribution in [3.05, 3.63) is 45.5 Å². The highest BCUT2D eigenvalue weighted by Crippen LogP contribution is 2.28. The van der Waals surface area contributed by atoms with Crippen LogP contribution in [0.1, 0.15) is 10.4 Å². The second kappa shape index (κ2) is 4.81. The maximum atomic E-state index is 13.5. The normalized spacial score (nSPS) is 10.9. The lowest BCUT2D eigenvalue weighted by molar-refractivity contribution is 0.0699. The monoisotopic (exact) mass is 308 g/mol. The molecule has 0 amide bonds. The first kappa shape index (κ1) is 13.0. The summed E-state index contributed by atoms with van der Waals surface area (Å²) in [6.07, 6.45) is 0. The molecule has 0 aliphatic carbocycles. The number of carbonyl (C=O) groups is 1. The van der Waals surface area contributed by atoms with Gasteiger partial charge in [-0.05, 0) is 12.1 Å². The van der Waals surface area contributed by atoms with E-state index in [1.165, 1.54) is 23.5 Å². The van der Waals surface area contributed by atoms with Gasteiger partial charge in [0, 0.05) is 16.8 Å². The summed E-state index contributed by atoms with van der Waals surface area (Å²) in [5.41, 5.74) is 2.80. The lowest BCUT2D eigenvalue weighted by atomic mass is 10.1. The molecule has 0 spiro atoms. The van der Waals surface area contributed by atoms with Crippen LogP contribution in [-0.4, -0.2) is 21.0 Å². The van der Waals surface area contributed by atoms with E-state index in [0.717, 1.165) is 6.07 Å². The van der Waals surface area contributed by atoms with E-state index in [0.29, 0.717) is 16.8 Å². The third-order valence-corrected chi connectivity index (χ3v) is 3.65. The number of fused-ring (bicyclic) bond motifs is 1. The van der Waals surface area contributed by atoms with Crippen LogP contribution in [0.15, 0.2) is 29.1 Å². The zero-order valence-corrected chi connectivity index (χ0v) is 11.4. The highest BCUT2D eigenvalue weighted by atomic mass is 35.5. The van der Waals surface area contributed by atoms with Crippen molar-refractivity contribution < 1.29 is 14.3 Å². The first-order valence-electron chi connectivity index (χ1n) is 5.48. The Morgan fingerprint density at radius 2 is 2.10 bits per heavy atom. The Labute approximate surface area is 121 Å². The number of aromatic carboxylic acids is 1. The largest absolute Gasteiger partial charge is 0.478 e. The number of benzene rings is 1. The molecular weight excluding hydrogens is 303 g/mol. The van der Waals surface area contributed by atoms with Crippen molar-refractivity contribution in [1.82, 2.24) is 9.97 Å². The molecule has 0 aliphatic heterocycles. The van der Waals surface area contributed by atoms with Crippen molar-refractivity contribution >= 4 is 39.8 Å². The van der Waals surface area contributed by atoms with Gasteiger partial charge >= 0.3 is 5.97 Å². The molecule has 1 aromatic carbocycles. The van der Waals surface area contributed by atoms with Gasteiger partial charge in [0.2, 0.25) is 0 Å². The molecule has 0 radical (unpaired) electrons. The molecule has 0 atom stereocenters. The summed E-state index contributed by atoms with van der Waals surface area (Å²) in [6.45, 7) is 0. The van der Waals surface area contributed by atoms with Gasteiger partial charge in [0.15, 0.2) is 0 Å². The molecule has 3 rings (SSSR count). The fraction of sp³-hybridized carbons (Fsp3) is 0. The highest BCUT2D eigenvalue weighted by Gasteiger charge is 2.15. The third-order valence-electron chi connectivity index (χ3n) is 2.78. The number of carboxylic acid groups (broad SMARTS) is 1. The van der Waals surface area contributed by atoms with Gasteiger partial charge in [0.1, 0.15) is 5.82 Å². The summed E-state index contributed by atoms with van der Waals surface area (Å²) in [6, 6.07) is 3.81. The van der Waals surface area contributed by atoms with Gasteiger partial charge in [-0.3, -0.25) is 0 Å². The van der Waals surface area contributed by atoms with Gasteiger partial charge < -0.3 is 5.11 Å². The minimum atomic E-state index is -1.13. The molecule has 0 aliphatic rings. The Bertz CT molecular complexity index is 821.